The summed E-state index contributed by atoms with van der Waals surface area (Å²) in [5.41, 5.74) is 0. The fourth-order valence-electron chi connectivity index (χ4n) is 1.70. The van der Waals surface area contributed by atoms with Crippen molar-refractivity contribution in [1.82, 2.24) is 5.32 Å². The fraction of sp³-hybridized carbons (Fsp3) is 0.385. The summed E-state index contributed by atoms with van der Waals surface area (Å²) in [6.07, 6.45) is 1.19. The molecule has 0 aliphatic rings. The zero-order chi connectivity index (χ0) is 11.2. The largest absolute Gasteiger partial charge is 0.312 e. The van der Waals surface area contributed by atoms with Gasteiger partial charge in [-0.05, 0) is 41.8 Å². The lowest BCUT2D eigenvalue weighted by Crippen LogP contribution is -2.21. The maximum absolute atomic E-state index is 3.52. The first-order valence-electron chi connectivity index (χ1n) is 5.60. The molecule has 0 saturated heterocycles. The van der Waals surface area contributed by atoms with Crippen molar-refractivity contribution in [3.63, 3.8) is 0 Å². The van der Waals surface area contributed by atoms with Crippen LogP contribution in [0.2, 0.25) is 0 Å². The second-order valence-electron chi connectivity index (χ2n) is 4.10. The topological polar surface area (TPSA) is 12.0 Å². The van der Waals surface area contributed by atoms with Crippen LogP contribution in [-0.4, -0.2) is 6.54 Å². The van der Waals surface area contributed by atoms with Crippen molar-refractivity contribution in [2.24, 2.45) is 5.92 Å². The van der Waals surface area contributed by atoms with E-state index in [1.807, 2.05) is 22.7 Å². The smallest absolute Gasteiger partial charge is 0.0299 e. The summed E-state index contributed by atoms with van der Waals surface area (Å²) in [5, 5.41) is 7.80. The van der Waals surface area contributed by atoms with Gasteiger partial charge in [0.15, 0.2) is 0 Å². The monoisotopic (exact) mass is 251 g/mol. The van der Waals surface area contributed by atoms with Gasteiger partial charge in [-0.25, -0.2) is 0 Å². The summed E-state index contributed by atoms with van der Waals surface area (Å²) in [4.78, 5) is 2.91. The molecule has 2 aromatic heterocycles. The molecule has 0 aliphatic heterocycles. The highest BCUT2D eigenvalue weighted by Gasteiger charge is 2.04. The van der Waals surface area contributed by atoms with Crippen LogP contribution in [-0.2, 0) is 13.0 Å². The van der Waals surface area contributed by atoms with Crippen LogP contribution >= 0.6 is 22.7 Å². The molecule has 0 fully saturated rings. The van der Waals surface area contributed by atoms with Gasteiger partial charge < -0.3 is 5.32 Å². The molecule has 0 spiro atoms. The van der Waals surface area contributed by atoms with Gasteiger partial charge in [-0.3, -0.25) is 0 Å². The Balaban J connectivity index is 1.66. The molecule has 1 nitrogen and oxygen atoms in total. The lowest BCUT2D eigenvalue weighted by molar-refractivity contribution is 0.515. The van der Waals surface area contributed by atoms with Crippen molar-refractivity contribution in [2.75, 3.05) is 6.54 Å². The van der Waals surface area contributed by atoms with E-state index in [0.717, 1.165) is 13.1 Å². The molecule has 1 N–H and O–H groups in total. The molecule has 0 aromatic carbocycles. The molecule has 0 amide bonds. The number of hydrogen-bond donors (Lipinski definition) is 1. The average Bonchev–Trinajstić information content (AvgIpc) is 2.90. The van der Waals surface area contributed by atoms with Gasteiger partial charge in [0, 0.05) is 16.3 Å². The third kappa shape index (κ3) is 3.74. The minimum absolute atomic E-state index is 0.707. The van der Waals surface area contributed by atoms with E-state index in [4.69, 9.17) is 0 Å². The van der Waals surface area contributed by atoms with Crippen LogP contribution in [0.5, 0.6) is 0 Å². The molecule has 3 heteroatoms. The Kier molecular flexibility index (Phi) is 4.57. The number of nitrogens with one attached hydrogen (secondary N) is 1. The zero-order valence-electron chi connectivity index (χ0n) is 9.48. The van der Waals surface area contributed by atoms with Crippen molar-refractivity contribution in [2.45, 2.75) is 19.9 Å². The molecule has 1 unspecified atom stereocenters. The van der Waals surface area contributed by atoms with E-state index >= 15 is 0 Å². The van der Waals surface area contributed by atoms with Crippen molar-refractivity contribution >= 4 is 22.7 Å². The van der Waals surface area contributed by atoms with Crippen molar-refractivity contribution in [1.29, 1.82) is 0 Å². The van der Waals surface area contributed by atoms with E-state index in [2.05, 4.69) is 47.3 Å². The van der Waals surface area contributed by atoms with Gasteiger partial charge in [0.25, 0.3) is 0 Å². The first kappa shape index (κ1) is 11.8. The van der Waals surface area contributed by atoms with Crippen LogP contribution in [0.25, 0.3) is 0 Å². The molecular formula is C13H17NS2. The Morgan fingerprint density at radius 2 is 1.81 bits per heavy atom. The third-order valence-electron chi connectivity index (χ3n) is 2.50. The lowest BCUT2D eigenvalue weighted by atomic mass is 10.1. The highest BCUT2D eigenvalue weighted by molar-refractivity contribution is 7.10. The summed E-state index contributed by atoms with van der Waals surface area (Å²) in [5.74, 6) is 0.707. The first-order chi connectivity index (χ1) is 7.84. The molecule has 0 radical (unpaired) electrons. The van der Waals surface area contributed by atoms with Gasteiger partial charge >= 0.3 is 0 Å². The van der Waals surface area contributed by atoms with E-state index in [1.165, 1.54) is 16.2 Å². The maximum atomic E-state index is 3.52. The number of thiophene rings is 2. The normalized spacial score (nSPS) is 12.8. The second kappa shape index (κ2) is 6.18. The quantitative estimate of drug-likeness (QED) is 0.824. The predicted molar refractivity (Wildman–Crippen MR) is 73.2 cm³/mol. The molecule has 2 heterocycles. The van der Waals surface area contributed by atoms with Gasteiger partial charge in [0.2, 0.25) is 0 Å². The van der Waals surface area contributed by atoms with E-state index in [1.54, 1.807) is 0 Å². The van der Waals surface area contributed by atoms with Gasteiger partial charge in [-0.2, -0.15) is 0 Å². The van der Waals surface area contributed by atoms with Crippen LogP contribution in [0.1, 0.15) is 16.7 Å². The van der Waals surface area contributed by atoms with Crippen molar-refractivity contribution in [3.8, 4) is 0 Å². The summed E-state index contributed by atoms with van der Waals surface area (Å²) in [6.45, 7) is 4.41. The van der Waals surface area contributed by atoms with Crippen LogP contribution in [0.3, 0.4) is 0 Å². The Bertz CT molecular complexity index is 378. The fourth-order valence-corrected chi connectivity index (χ4v) is 3.24. The Morgan fingerprint density at radius 3 is 2.44 bits per heavy atom. The molecule has 16 heavy (non-hydrogen) atoms. The van der Waals surface area contributed by atoms with E-state index in [9.17, 15) is 0 Å². The minimum Gasteiger partial charge on any atom is -0.312 e. The Hall–Kier alpha value is -0.640. The number of hydrogen-bond acceptors (Lipinski definition) is 3. The van der Waals surface area contributed by atoms with Gasteiger partial charge in [-0.1, -0.05) is 19.1 Å². The number of rotatable bonds is 6. The van der Waals surface area contributed by atoms with Gasteiger partial charge in [0.05, 0.1) is 0 Å². The van der Waals surface area contributed by atoms with Crippen molar-refractivity contribution in [3.05, 3.63) is 44.8 Å². The summed E-state index contributed by atoms with van der Waals surface area (Å²) in [7, 11) is 0. The molecular weight excluding hydrogens is 234 g/mol. The summed E-state index contributed by atoms with van der Waals surface area (Å²) < 4.78 is 0. The van der Waals surface area contributed by atoms with Crippen molar-refractivity contribution < 1.29 is 0 Å². The molecule has 0 bridgehead atoms. The van der Waals surface area contributed by atoms with E-state index < -0.39 is 0 Å². The standard InChI is InChI=1S/C13H17NS2/c1-11(8-12-4-2-6-15-12)9-14-10-13-5-3-7-16-13/h2-7,11,14H,8-10H2,1H3. The van der Waals surface area contributed by atoms with Gasteiger partial charge in [-0.15, -0.1) is 22.7 Å². The van der Waals surface area contributed by atoms with E-state index in [-0.39, 0.29) is 0 Å². The highest BCUT2D eigenvalue weighted by atomic mass is 32.1. The summed E-state index contributed by atoms with van der Waals surface area (Å²) >= 11 is 3.68. The zero-order valence-corrected chi connectivity index (χ0v) is 11.1. The lowest BCUT2D eigenvalue weighted by Gasteiger charge is -2.10. The van der Waals surface area contributed by atoms with Crippen LogP contribution in [0, 0.1) is 5.92 Å². The molecule has 86 valence electrons. The molecule has 1 atom stereocenters. The maximum Gasteiger partial charge on any atom is 0.0299 e. The third-order valence-corrected chi connectivity index (χ3v) is 4.28. The molecule has 2 aromatic rings. The average molecular weight is 251 g/mol. The Morgan fingerprint density at radius 1 is 1.12 bits per heavy atom. The predicted octanol–water partition coefficient (Wildman–Crippen LogP) is 3.78. The van der Waals surface area contributed by atoms with Gasteiger partial charge in [0.1, 0.15) is 0 Å². The Labute approximate surface area is 105 Å². The first-order valence-corrected chi connectivity index (χ1v) is 7.36. The van der Waals surface area contributed by atoms with Crippen LogP contribution in [0.15, 0.2) is 35.0 Å². The second-order valence-corrected chi connectivity index (χ2v) is 6.16. The molecule has 2 rings (SSSR count). The highest BCUT2D eigenvalue weighted by Crippen LogP contribution is 2.14. The molecule has 0 aliphatic carbocycles. The summed E-state index contributed by atoms with van der Waals surface area (Å²) in [6, 6.07) is 8.64. The minimum atomic E-state index is 0.707. The molecule has 0 saturated carbocycles. The van der Waals surface area contributed by atoms with Crippen LogP contribution < -0.4 is 5.32 Å². The van der Waals surface area contributed by atoms with E-state index in [0.29, 0.717) is 5.92 Å². The van der Waals surface area contributed by atoms with Crippen LogP contribution in [0.4, 0.5) is 0 Å². The SMILES string of the molecule is CC(CNCc1cccs1)Cc1cccs1.